The Hall–Kier alpha value is -3.79. The molecule has 9 nitrogen and oxygen atoms in total. The van der Waals surface area contributed by atoms with Gasteiger partial charge in [0.25, 0.3) is 5.69 Å². The van der Waals surface area contributed by atoms with Crippen LogP contribution in [0, 0.1) is 22.0 Å². The maximum Gasteiger partial charge on any atom is 0.311 e. The highest BCUT2D eigenvalue weighted by molar-refractivity contribution is 5.85. The van der Waals surface area contributed by atoms with Gasteiger partial charge in [-0.05, 0) is 64.4 Å². The number of piperidine rings is 1. The third-order valence-electron chi connectivity index (χ3n) is 8.82. The second-order valence-electron chi connectivity index (χ2n) is 12.8. The summed E-state index contributed by atoms with van der Waals surface area (Å²) in [5.41, 5.74) is 2.08. The van der Waals surface area contributed by atoms with Crippen LogP contribution >= 0.6 is 12.4 Å². The van der Waals surface area contributed by atoms with Crippen molar-refractivity contribution in [2.75, 3.05) is 27.2 Å². The molecule has 0 amide bonds. The lowest BCUT2D eigenvalue weighted by Crippen LogP contribution is -2.59. The molecular weight excluding hydrogens is 606 g/mol. The van der Waals surface area contributed by atoms with Crippen LogP contribution < -0.4 is 5.32 Å². The molecule has 248 valence electrons. The Morgan fingerprint density at radius 3 is 1.98 bits per heavy atom. The number of carbonyl (C=O) groups is 2. The molecule has 1 fully saturated rings. The predicted molar refractivity (Wildman–Crippen MR) is 181 cm³/mol. The second-order valence-corrected chi connectivity index (χ2v) is 12.8. The number of carbonyl (C=O) groups excluding carboxylic acids is 2. The standard InChI is InChI=1S/C36H45N3O6.ClH/c1-24-31(34(40)44-6)33(28-18-13-19-29(22-28)39(42)43)32(25(2)37-24)35(41)45-36(3,4)23-38(5)21-20-30(26-14-9-7-10-15-26)27-16-11-8-12-17-27;/h7-19,22,24-25,30-33,37H,20-21,23H2,1-6H3;1H/t24?,25?,31?,32?,33-;/m1./s1. The van der Waals surface area contributed by atoms with Gasteiger partial charge in [-0.25, -0.2) is 0 Å². The smallest absolute Gasteiger partial charge is 0.311 e. The maximum atomic E-state index is 14.0. The number of esters is 2. The molecule has 1 aliphatic heterocycles. The first-order chi connectivity index (χ1) is 21.4. The third kappa shape index (κ3) is 8.93. The summed E-state index contributed by atoms with van der Waals surface area (Å²) in [6, 6.07) is 26.4. The highest BCUT2D eigenvalue weighted by atomic mass is 35.5. The molecule has 1 saturated heterocycles. The number of non-ortho nitro benzene ring substituents is 1. The lowest BCUT2D eigenvalue weighted by Gasteiger charge is -2.45. The minimum atomic E-state index is -0.850. The fourth-order valence-corrected chi connectivity index (χ4v) is 6.91. The first kappa shape index (κ1) is 36.7. The summed E-state index contributed by atoms with van der Waals surface area (Å²) in [5.74, 6) is -2.93. The monoisotopic (exact) mass is 651 g/mol. The van der Waals surface area contributed by atoms with E-state index in [2.05, 4.69) is 58.7 Å². The molecule has 10 heteroatoms. The minimum Gasteiger partial charge on any atom is -0.469 e. The van der Waals surface area contributed by atoms with Crippen LogP contribution in [0.4, 0.5) is 5.69 Å². The van der Waals surface area contributed by atoms with Crippen molar-refractivity contribution in [3.63, 3.8) is 0 Å². The van der Waals surface area contributed by atoms with Crippen molar-refractivity contribution in [2.24, 2.45) is 11.8 Å². The number of hydrogen-bond donors (Lipinski definition) is 1. The number of nitrogens with one attached hydrogen (secondary N) is 1. The van der Waals surface area contributed by atoms with Crippen molar-refractivity contribution in [2.45, 2.75) is 63.6 Å². The zero-order chi connectivity index (χ0) is 32.7. The van der Waals surface area contributed by atoms with E-state index in [1.165, 1.54) is 30.4 Å². The molecule has 1 N–H and O–H groups in total. The zero-order valence-electron chi connectivity index (χ0n) is 27.4. The summed E-state index contributed by atoms with van der Waals surface area (Å²) >= 11 is 0. The third-order valence-corrected chi connectivity index (χ3v) is 8.82. The molecular formula is C36H46ClN3O6. The fourth-order valence-electron chi connectivity index (χ4n) is 6.91. The van der Waals surface area contributed by atoms with Crippen molar-refractivity contribution >= 4 is 30.0 Å². The fraction of sp³-hybridized carbons (Fsp3) is 0.444. The summed E-state index contributed by atoms with van der Waals surface area (Å²) in [7, 11) is 3.33. The number of hydrogen-bond acceptors (Lipinski definition) is 8. The van der Waals surface area contributed by atoms with Gasteiger partial charge >= 0.3 is 11.9 Å². The number of methoxy groups -OCH3 is 1. The highest BCUT2D eigenvalue weighted by Gasteiger charge is 2.50. The molecule has 5 atom stereocenters. The van der Waals surface area contributed by atoms with E-state index >= 15 is 0 Å². The van der Waals surface area contributed by atoms with Gasteiger partial charge < -0.3 is 19.7 Å². The molecule has 4 unspecified atom stereocenters. The van der Waals surface area contributed by atoms with E-state index in [0.29, 0.717) is 12.1 Å². The molecule has 46 heavy (non-hydrogen) atoms. The number of nitrogens with zero attached hydrogens (tertiary/aromatic N) is 2. The number of likely N-dealkylation sites (N-methyl/N-ethyl adjacent to an activating group) is 1. The van der Waals surface area contributed by atoms with Crippen molar-refractivity contribution in [3.8, 4) is 0 Å². The number of nitro benzene ring substituents is 1. The quantitative estimate of drug-likeness (QED) is 0.137. The van der Waals surface area contributed by atoms with E-state index in [4.69, 9.17) is 9.47 Å². The Balaban J connectivity index is 0.00000576. The number of benzene rings is 3. The molecule has 0 bridgehead atoms. The lowest BCUT2D eigenvalue weighted by molar-refractivity contribution is -0.385. The highest BCUT2D eigenvalue weighted by Crippen LogP contribution is 2.42. The van der Waals surface area contributed by atoms with E-state index in [1.54, 1.807) is 12.1 Å². The van der Waals surface area contributed by atoms with Gasteiger partial charge in [-0.15, -0.1) is 12.4 Å². The van der Waals surface area contributed by atoms with Crippen molar-refractivity contribution in [1.82, 2.24) is 10.2 Å². The number of halogens is 1. The first-order valence-corrected chi connectivity index (χ1v) is 15.5. The van der Waals surface area contributed by atoms with Crippen LogP contribution in [0.5, 0.6) is 0 Å². The molecule has 0 radical (unpaired) electrons. The van der Waals surface area contributed by atoms with Gasteiger partial charge in [0.15, 0.2) is 0 Å². The van der Waals surface area contributed by atoms with Gasteiger partial charge in [0.1, 0.15) is 5.60 Å². The zero-order valence-corrected chi connectivity index (χ0v) is 28.2. The molecule has 0 spiro atoms. The van der Waals surface area contributed by atoms with Crippen molar-refractivity contribution < 1.29 is 24.0 Å². The van der Waals surface area contributed by atoms with Crippen LogP contribution in [0.25, 0.3) is 0 Å². The van der Waals surface area contributed by atoms with Crippen LogP contribution in [0.1, 0.15) is 62.6 Å². The molecule has 0 aliphatic carbocycles. The first-order valence-electron chi connectivity index (χ1n) is 15.5. The molecule has 1 heterocycles. The van der Waals surface area contributed by atoms with Crippen LogP contribution in [-0.4, -0.2) is 66.7 Å². The van der Waals surface area contributed by atoms with Crippen LogP contribution in [-0.2, 0) is 19.1 Å². The van der Waals surface area contributed by atoms with Gasteiger partial charge in [0.05, 0.1) is 23.9 Å². The Bertz CT molecular complexity index is 1410. The molecule has 4 rings (SSSR count). The largest absolute Gasteiger partial charge is 0.469 e. The van der Waals surface area contributed by atoms with Gasteiger partial charge in [0, 0.05) is 42.6 Å². The Morgan fingerprint density at radius 1 is 0.913 bits per heavy atom. The number of ether oxygens (including phenoxy) is 2. The van der Waals surface area contributed by atoms with E-state index in [-0.39, 0.29) is 36.1 Å². The normalized spacial score (nSPS) is 21.3. The number of nitro groups is 1. The summed E-state index contributed by atoms with van der Waals surface area (Å²) in [6.07, 6.45) is 0.881. The average molecular weight is 652 g/mol. The van der Waals surface area contributed by atoms with Gasteiger partial charge in [0.2, 0.25) is 0 Å². The van der Waals surface area contributed by atoms with Crippen LogP contribution in [0.2, 0.25) is 0 Å². The molecule has 0 saturated carbocycles. The van der Waals surface area contributed by atoms with E-state index in [1.807, 2.05) is 46.9 Å². The predicted octanol–water partition coefficient (Wildman–Crippen LogP) is 6.36. The Kier molecular flexibility index (Phi) is 12.9. The van der Waals surface area contributed by atoms with Crippen molar-refractivity contribution in [1.29, 1.82) is 0 Å². The molecule has 1 aliphatic rings. The molecule has 3 aromatic rings. The van der Waals surface area contributed by atoms with Crippen LogP contribution in [0.15, 0.2) is 84.9 Å². The van der Waals surface area contributed by atoms with Gasteiger partial charge in [-0.3, -0.25) is 19.7 Å². The maximum absolute atomic E-state index is 14.0. The SMILES string of the molecule is COC(=O)C1C(C)NC(C)C(C(=O)OC(C)(C)CN(C)CCC(c2ccccc2)c2ccccc2)[C@@H]1c1cccc([N+](=O)[O-])c1.Cl. The van der Waals surface area contributed by atoms with E-state index in [0.717, 1.165) is 13.0 Å². The summed E-state index contributed by atoms with van der Waals surface area (Å²) in [4.78, 5) is 40.4. The van der Waals surface area contributed by atoms with Gasteiger partial charge in [-0.1, -0.05) is 72.8 Å². The van der Waals surface area contributed by atoms with Crippen molar-refractivity contribution in [3.05, 3.63) is 112 Å². The summed E-state index contributed by atoms with van der Waals surface area (Å²) in [6.45, 7) is 8.78. The minimum absolute atomic E-state index is 0. The Labute approximate surface area is 278 Å². The molecule has 0 aromatic heterocycles. The van der Waals surface area contributed by atoms with E-state index in [9.17, 15) is 19.7 Å². The average Bonchev–Trinajstić information content (AvgIpc) is 3.01. The lowest BCUT2D eigenvalue weighted by atomic mass is 9.68. The topological polar surface area (TPSA) is 111 Å². The summed E-state index contributed by atoms with van der Waals surface area (Å²) < 4.78 is 11.4. The second kappa shape index (κ2) is 16.2. The van der Waals surface area contributed by atoms with Gasteiger partial charge in [-0.2, -0.15) is 0 Å². The Morgan fingerprint density at radius 2 is 1.46 bits per heavy atom. The molecule has 3 aromatic carbocycles. The summed E-state index contributed by atoms with van der Waals surface area (Å²) in [5, 5.41) is 15.0. The van der Waals surface area contributed by atoms with E-state index < -0.39 is 40.2 Å². The number of rotatable bonds is 12. The van der Waals surface area contributed by atoms with Crippen LogP contribution in [0.3, 0.4) is 0 Å².